The average molecular weight is 352 g/mol. The van der Waals surface area contributed by atoms with Gasteiger partial charge in [-0.25, -0.2) is 9.97 Å². The molecule has 2 aromatic rings. The van der Waals surface area contributed by atoms with Gasteiger partial charge in [0.05, 0.1) is 16.8 Å². The van der Waals surface area contributed by atoms with Crippen LogP contribution in [-0.2, 0) is 5.41 Å². The smallest absolute Gasteiger partial charge is 0.225 e. The van der Waals surface area contributed by atoms with Gasteiger partial charge in [-0.1, -0.05) is 0 Å². The molecule has 2 aliphatic heterocycles. The molecule has 2 bridgehead atoms. The maximum absolute atomic E-state index is 4.98. The second-order valence-electron chi connectivity index (χ2n) is 9.07. The van der Waals surface area contributed by atoms with E-state index in [2.05, 4.69) is 45.3 Å². The van der Waals surface area contributed by atoms with Crippen LogP contribution < -0.4 is 10.2 Å². The van der Waals surface area contributed by atoms with E-state index in [1.165, 1.54) is 31.4 Å². The monoisotopic (exact) mass is 352 g/mol. The molecule has 2 aromatic heterocycles. The van der Waals surface area contributed by atoms with Crippen LogP contribution in [0.5, 0.6) is 0 Å². The molecular formula is C20H28N6. The summed E-state index contributed by atoms with van der Waals surface area (Å²) in [5, 5.41) is 11.2. The molecule has 0 amide bonds. The predicted molar refractivity (Wildman–Crippen MR) is 101 cm³/mol. The summed E-state index contributed by atoms with van der Waals surface area (Å²) < 4.78 is 0. The van der Waals surface area contributed by atoms with Crippen LogP contribution in [0.3, 0.4) is 0 Å². The van der Waals surface area contributed by atoms with E-state index in [1.807, 2.05) is 19.3 Å². The Morgan fingerprint density at radius 3 is 2.85 bits per heavy atom. The molecule has 2 saturated heterocycles. The molecule has 4 aliphatic rings. The Morgan fingerprint density at radius 1 is 1.31 bits per heavy atom. The number of aromatic nitrogens is 4. The average Bonchev–Trinajstić information content (AvgIpc) is 3.06. The first-order valence-corrected chi connectivity index (χ1v) is 9.81. The van der Waals surface area contributed by atoms with E-state index in [-0.39, 0.29) is 5.41 Å². The summed E-state index contributed by atoms with van der Waals surface area (Å²) >= 11 is 0. The molecule has 0 radical (unpaired) electrons. The zero-order chi connectivity index (χ0) is 17.9. The molecule has 26 heavy (non-hydrogen) atoms. The van der Waals surface area contributed by atoms with Crippen LogP contribution in [0.15, 0.2) is 18.3 Å². The summed E-state index contributed by atoms with van der Waals surface area (Å²) in [4.78, 5) is 12.0. The number of rotatable bonds is 6. The number of nitrogens with one attached hydrogen (secondary N) is 2. The number of aromatic amines is 1. The lowest BCUT2D eigenvalue weighted by Gasteiger charge is -2.36. The van der Waals surface area contributed by atoms with Crippen molar-refractivity contribution in [2.75, 3.05) is 25.0 Å². The van der Waals surface area contributed by atoms with Crippen molar-refractivity contribution in [3.8, 4) is 0 Å². The van der Waals surface area contributed by atoms with Gasteiger partial charge < -0.3 is 10.2 Å². The lowest BCUT2D eigenvalue weighted by molar-refractivity contribution is 0.196. The molecule has 6 nitrogen and oxygen atoms in total. The van der Waals surface area contributed by atoms with Crippen molar-refractivity contribution in [1.29, 1.82) is 0 Å². The molecule has 2 aliphatic carbocycles. The van der Waals surface area contributed by atoms with E-state index < -0.39 is 0 Å². The van der Waals surface area contributed by atoms with Crippen molar-refractivity contribution >= 4 is 5.95 Å². The highest BCUT2D eigenvalue weighted by molar-refractivity contribution is 5.42. The zero-order valence-electron chi connectivity index (χ0n) is 15.9. The summed E-state index contributed by atoms with van der Waals surface area (Å²) in [7, 11) is 2.05. The summed E-state index contributed by atoms with van der Waals surface area (Å²) in [6.07, 6.45) is 6.99. The van der Waals surface area contributed by atoms with Crippen molar-refractivity contribution < 1.29 is 0 Å². The Morgan fingerprint density at radius 2 is 2.12 bits per heavy atom. The summed E-state index contributed by atoms with van der Waals surface area (Å²) in [6, 6.07) is 4.88. The van der Waals surface area contributed by atoms with Gasteiger partial charge in [0, 0.05) is 42.4 Å². The quantitative estimate of drug-likeness (QED) is 0.836. The van der Waals surface area contributed by atoms with E-state index in [0.717, 1.165) is 30.4 Å². The topological polar surface area (TPSA) is 69.7 Å². The van der Waals surface area contributed by atoms with E-state index in [4.69, 9.17) is 4.98 Å². The van der Waals surface area contributed by atoms with Gasteiger partial charge in [0.2, 0.25) is 5.95 Å². The maximum Gasteiger partial charge on any atom is 0.225 e. The Hall–Kier alpha value is -1.95. The van der Waals surface area contributed by atoms with Crippen LogP contribution in [0, 0.1) is 5.41 Å². The predicted octanol–water partition coefficient (Wildman–Crippen LogP) is 2.59. The maximum atomic E-state index is 4.98. The van der Waals surface area contributed by atoms with Gasteiger partial charge >= 0.3 is 0 Å². The summed E-state index contributed by atoms with van der Waals surface area (Å²) in [6.45, 7) is 6.57. The van der Waals surface area contributed by atoms with Crippen LogP contribution in [0.2, 0.25) is 0 Å². The van der Waals surface area contributed by atoms with Crippen molar-refractivity contribution in [3.05, 3.63) is 35.4 Å². The normalized spacial score (nSPS) is 27.7. The van der Waals surface area contributed by atoms with Gasteiger partial charge in [0.15, 0.2) is 0 Å². The Bertz CT molecular complexity index is 815. The third-order valence-electron chi connectivity index (χ3n) is 6.63. The van der Waals surface area contributed by atoms with E-state index in [0.29, 0.717) is 17.4 Å². The molecule has 2 N–H and O–H groups in total. The van der Waals surface area contributed by atoms with E-state index in [9.17, 15) is 0 Å². The van der Waals surface area contributed by atoms with Gasteiger partial charge in [0.1, 0.15) is 0 Å². The number of hydrogen-bond acceptors (Lipinski definition) is 5. The first kappa shape index (κ1) is 16.2. The molecule has 0 atom stereocenters. The molecule has 0 unspecified atom stereocenters. The Kier molecular flexibility index (Phi) is 3.45. The van der Waals surface area contributed by atoms with Crippen LogP contribution in [0.25, 0.3) is 0 Å². The Balaban J connectivity index is 1.41. The number of H-pyrrole nitrogens is 1. The summed E-state index contributed by atoms with van der Waals surface area (Å²) in [5.41, 5.74) is 3.59. The van der Waals surface area contributed by atoms with Crippen LogP contribution >= 0.6 is 0 Å². The lowest BCUT2D eigenvalue weighted by atomic mass is 9.70. The highest BCUT2D eigenvalue weighted by atomic mass is 15.3. The van der Waals surface area contributed by atoms with Crippen molar-refractivity contribution in [3.63, 3.8) is 0 Å². The second-order valence-corrected chi connectivity index (χ2v) is 9.07. The van der Waals surface area contributed by atoms with Crippen molar-refractivity contribution in [2.24, 2.45) is 5.41 Å². The number of hydrogen-bond donors (Lipinski definition) is 2. The standard InChI is InChI=1S/C20H28N6/c1-19(2,17-8-15(24-25-17)13-4-5-13)16-6-7-22-18(23-16)26-12-20(11-21-3)9-14(26)10-20/h6-8,13-14,21H,4-5,9-12H2,1-3H3,(H,24,25). The van der Waals surface area contributed by atoms with Crippen LogP contribution in [-0.4, -0.2) is 46.3 Å². The molecular weight excluding hydrogens is 324 g/mol. The largest absolute Gasteiger partial charge is 0.337 e. The minimum Gasteiger partial charge on any atom is -0.337 e. The molecule has 2 saturated carbocycles. The molecule has 138 valence electrons. The first-order valence-electron chi connectivity index (χ1n) is 9.81. The highest BCUT2D eigenvalue weighted by Gasteiger charge is 2.55. The van der Waals surface area contributed by atoms with Gasteiger partial charge in [-0.3, -0.25) is 5.10 Å². The fourth-order valence-electron chi connectivity index (χ4n) is 4.82. The molecule has 4 fully saturated rings. The Labute approximate surface area is 154 Å². The van der Waals surface area contributed by atoms with Gasteiger partial charge in [-0.2, -0.15) is 5.10 Å². The van der Waals surface area contributed by atoms with E-state index >= 15 is 0 Å². The number of anilines is 1. The molecule has 6 heteroatoms. The minimum atomic E-state index is -0.229. The summed E-state index contributed by atoms with van der Waals surface area (Å²) in [5.74, 6) is 1.57. The molecule has 0 aromatic carbocycles. The van der Waals surface area contributed by atoms with Gasteiger partial charge in [0.25, 0.3) is 0 Å². The van der Waals surface area contributed by atoms with Gasteiger partial charge in [-0.05, 0) is 58.7 Å². The van der Waals surface area contributed by atoms with Gasteiger partial charge in [-0.15, -0.1) is 0 Å². The van der Waals surface area contributed by atoms with Crippen molar-refractivity contribution in [1.82, 2.24) is 25.5 Å². The molecule has 4 heterocycles. The zero-order valence-corrected chi connectivity index (χ0v) is 15.9. The lowest BCUT2D eigenvalue weighted by Crippen LogP contribution is -2.41. The van der Waals surface area contributed by atoms with E-state index in [1.54, 1.807) is 0 Å². The first-order chi connectivity index (χ1) is 12.5. The van der Waals surface area contributed by atoms with Crippen LogP contribution in [0.1, 0.15) is 62.5 Å². The highest BCUT2D eigenvalue weighted by Crippen LogP contribution is 2.52. The molecule has 0 spiro atoms. The third kappa shape index (κ3) is 2.46. The number of fused-ring (bicyclic) bond motifs is 1. The second kappa shape index (κ2) is 5.52. The fourth-order valence-corrected chi connectivity index (χ4v) is 4.82. The number of nitrogens with zero attached hydrogens (tertiary/aromatic N) is 4. The SMILES string of the molecule is CNCC12CC(C1)N(c1nccc(C(C)(C)c3cc(C4CC4)[nH]n3)n1)C2. The third-order valence-corrected chi connectivity index (χ3v) is 6.63. The van der Waals surface area contributed by atoms with Crippen molar-refractivity contribution in [2.45, 2.75) is 56.9 Å². The molecule has 6 rings (SSSR count). The van der Waals surface area contributed by atoms with Crippen LogP contribution in [0.4, 0.5) is 5.95 Å². The minimum absolute atomic E-state index is 0.229. The fraction of sp³-hybridized carbons (Fsp3) is 0.650.